The van der Waals surface area contributed by atoms with Crippen LogP contribution in [0.4, 0.5) is 0 Å². The first-order valence-corrected chi connectivity index (χ1v) is 11.8. The van der Waals surface area contributed by atoms with Crippen LogP contribution in [0.5, 0.6) is 0 Å². The first kappa shape index (κ1) is 17.5. The van der Waals surface area contributed by atoms with Gasteiger partial charge < -0.3 is 4.90 Å². The Balaban J connectivity index is 1.76. The summed E-state index contributed by atoms with van der Waals surface area (Å²) >= 11 is 3.36. The van der Waals surface area contributed by atoms with Crippen LogP contribution < -0.4 is 0 Å². The number of benzene rings is 1. The first-order valence-electron chi connectivity index (χ1n) is 8.16. The number of sulfone groups is 1. The van der Waals surface area contributed by atoms with Gasteiger partial charge in [0.25, 0.3) is 5.91 Å². The fraction of sp³-hybridized carbons (Fsp3) is 0.211. The molecule has 0 fully saturated rings. The lowest BCUT2D eigenvalue weighted by Gasteiger charge is -2.35. The van der Waals surface area contributed by atoms with Crippen LogP contribution in [-0.4, -0.2) is 32.0 Å². The van der Waals surface area contributed by atoms with E-state index in [9.17, 15) is 13.2 Å². The Kier molecular flexibility index (Phi) is 4.46. The van der Waals surface area contributed by atoms with E-state index in [0.717, 1.165) is 17.6 Å². The Hall–Kier alpha value is -1.96. The number of hydrogen-bond donors (Lipinski definition) is 0. The van der Waals surface area contributed by atoms with Gasteiger partial charge in [-0.05, 0) is 53.1 Å². The molecule has 7 heteroatoms. The van der Waals surface area contributed by atoms with Crippen LogP contribution in [0.25, 0.3) is 0 Å². The normalized spacial score (nSPS) is 17.1. The van der Waals surface area contributed by atoms with E-state index >= 15 is 0 Å². The molecule has 4 rings (SSSR count). The lowest BCUT2D eigenvalue weighted by atomic mass is 9.97. The van der Waals surface area contributed by atoms with Crippen LogP contribution in [-0.2, 0) is 16.3 Å². The van der Waals surface area contributed by atoms with Crippen LogP contribution in [0, 0.1) is 0 Å². The number of rotatable bonds is 3. The first-order chi connectivity index (χ1) is 12.4. The van der Waals surface area contributed by atoms with E-state index in [1.165, 1.54) is 22.6 Å². The summed E-state index contributed by atoms with van der Waals surface area (Å²) in [5.41, 5.74) is 1.59. The Labute approximate surface area is 160 Å². The molecule has 26 heavy (non-hydrogen) atoms. The predicted octanol–water partition coefficient (Wildman–Crippen LogP) is 4.00. The highest BCUT2D eigenvalue weighted by Gasteiger charge is 2.34. The van der Waals surface area contributed by atoms with Crippen LogP contribution in [0.3, 0.4) is 0 Å². The molecule has 4 nitrogen and oxygen atoms in total. The maximum atomic E-state index is 13.3. The number of carbonyl (C=O) groups is 1. The Morgan fingerprint density at radius 3 is 2.69 bits per heavy atom. The molecule has 0 bridgehead atoms. The number of nitrogens with zero attached hydrogens (tertiary/aromatic N) is 1. The zero-order chi connectivity index (χ0) is 18.3. The van der Waals surface area contributed by atoms with E-state index in [1.54, 1.807) is 34.8 Å². The summed E-state index contributed by atoms with van der Waals surface area (Å²) in [6, 6.07) is 12.3. The smallest absolute Gasteiger partial charge is 0.254 e. The Morgan fingerprint density at radius 1 is 1.12 bits per heavy atom. The van der Waals surface area contributed by atoms with Crippen LogP contribution in [0.2, 0.25) is 0 Å². The summed E-state index contributed by atoms with van der Waals surface area (Å²) in [6.07, 6.45) is 1.98. The van der Waals surface area contributed by atoms with Gasteiger partial charge in [-0.3, -0.25) is 4.79 Å². The van der Waals surface area contributed by atoms with Gasteiger partial charge in [0.15, 0.2) is 9.84 Å². The molecule has 3 aromatic rings. The second-order valence-electron chi connectivity index (χ2n) is 6.27. The highest BCUT2D eigenvalue weighted by Crippen LogP contribution is 2.40. The quantitative estimate of drug-likeness (QED) is 0.664. The van der Waals surface area contributed by atoms with Crippen molar-refractivity contribution in [1.82, 2.24) is 4.90 Å². The maximum absolute atomic E-state index is 13.3. The molecule has 0 N–H and O–H groups in total. The molecule has 0 saturated carbocycles. The average Bonchev–Trinajstić information content (AvgIpc) is 3.31. The molecule has 1 amide bonds. The zero-order valence-electron chi connectivity index (χ0n) is 14.1. The fourth-order valence-electron chi connectivity index (χ4n) is 3.31. The highest BCUT2D eigenvalue weighted by molar-refractivity contribution is 7.90. The average molecular weight is 404 g/mol. The molecule has 2 aromatic heterocycles. The van der Waals surface area contributed by atoms with E-state index in [-0.39, 0.29) is 16.8 Å². The van der Waals surface area contributed by atoms with Crippen LogP contribution in [0.1, 0.15) is 31.7 Å². The van der Waals surface area contributed by atoms with Crippen molar-refractivity contribution >= 4 is 38.4 Å². The summed E-state index contributed by atoms with van der Waals surface area (Å²) < 4.78 is 23.7. The molecule has 0 spiro atoms. The minimum atomic E-state index is -3.35. The van der Waals surface area contributed by atoms with E-state index in [0.29, 0.717) is 12.1 Å². The van der Waals surface area contributed by atoms with Gasteiger partial charge in [0, 0.05) is 28.1 Å². The van der Waals surface area contributed by atoms with Gasteiger partial charge in [0.2, 0.25) is 0 Å². The summed E-state index contributed by atoms with van der Waals surface area (Å²) in [5.74, 6) is -0.134. The second-order valence-corrected chi connectivity index (χ2v) is 10.3. The number of fused-ring (bicyclic) bond motifs is 1. The van der Waals surface area contributed by atoms with Crippen molar-refractivity contribution in [2.24, 2.45) is 0 Å². The molecule has 0 saturated heterocycles. The summed E-state index contributed by atoms with van der Waals surface area (Å²) in [4.78, 5) is 17.7. The number of amides is 1. The highest BCUT2D eigenvalue weighted by atomic mass is 32.2. The minimum absolute atomic E-state index is 0.112. The lowest BCUT2D eigenvalue weighted by Crippen LogP contribution is -2.39. The van der Waals surface area contributed by atoms with Crippen molar-refractivity contribution in [3.05, 3.63) is 74.1 Å². The standard InChI is InChI=1S/C19H17NO3S3/c1-26(22,23)14-5-2-4-13(12-14)19(21)20-9-7-16-15(8-11-25-16)18(20)17-6-3-10-24-17/h2-6,8,10-12,18H,7,9H2,1H3/t18-/m0/s1. The van der Waals surface area contributed by atoms with Gasteiger partial charge in [-0.1, -0.05) is 12.1 Å². The van der Waals surface area contributed by atoms with E-state index in [4.69, 9.17) is 0 Å². The van der Waals surface area contributed by atoms with E-state index in [1.807, 2.05) is 16.3 Å². The third kappa shape index (κ3) is 3.11. The van der Waals surface area contributed by atoms with Gasteiger partial charge in [0.1, 0.15) is 0 Å². The Morgan fingerprint density at radius 2 is 1.96 bits per heavy atom. The monoisotopic (exact) mass is 403 g/mol. The van der Waals surface area contributed by atoms with Gasteiger partial charge in [0.05, 0.1) is 10.9 Å². The zero-order valence-corrected chi connectivity index (χ0v) is 16.5. The van der Waals surface area contributed by atoms with Crippen LogP contribution in [0.15, 0.2) is 58.1 Å². The number of thiophene rings is 2. The summed E-state index contributed by atoms with van der Waals surface area (Å²) in [7, 11) is -3.35. The summed E-state index contributed by atoms with van der Waals surface area (Å²) in [6.45, 7) is 0.623. The summed E-state index contributed by atoms with van der Waals surface area (Å²) in [5, 5.41) is 4.09. The molecule has 134 valence electrons. The maximum Gasteiger partial charge on any atom is 0.254 e. The lowest BCUT2D eigenvalue weighted by molar-refractivity contribution is 0.0698. The van der Waals surface area contributed by atoms with Crippen molar-refractivity contribution in [3.8, 4) is 0 Å². The van der Waals surface area contributed by atoms with Crippen molar-refractivity contribution in [3.63, 3.8) is 0 Å². The SMILES string of the molecule is CS(=O)(=O)c1cccc(C(=O)N2CCc3sccc3[C@H]2c2cccs2)c1. The van der Waals surface area contributed by atoms with E-state index < -0.39 is 9.84 Å². The topological polar surface area (TPSA) is 54.5 Å². The molecule has 3 heterocycles. The molecule has 1 aliphatic rings. The van der Waals surface area contributed by atoms with Gasteiger partial charge in [-0.15, -0.1) is 22.7 Å². The van der Waals surface area contributed by atoms with Crippen molar-refractivity contribution in [1.29, 1.82) is 0 Å². The van der Waals surface area contributed by atoms with Gasteiger partial charge >= 0.3 is 0 Å². The molecule has 0 aliphatic carbocycles. The van der Waals surface area contributed by atoms with Crippen molar-refractivity contribution in [2.75, 3.05) is 12.8 Å². The molecular weight excluding hydrogens is 386 g/mol. The Bertz CT molecular complexity index is 1050. The van der Waals surface area contributed by atoms with Crippen molar-refractivity contribution in [2.45, 2.75) is 17.4 Å². The predicted molar refractivity (Wildman–Crippen MR) is 105 cm³/mol. The third-order valence-corrected chi connectivity index (χ3v) is 7.58. The molecule has 1 aromatic carbocycles. The molecular formula is C19H17NO3S3. The molecule has 0 unspecified atom stereocenters. The number of carbonyl (C=O) groups excluding carboxylic acids is 1. The van der Waals surface area contributed by atoms with Crippen LogP contribution >= 0.6 is 22.7 Å². The largest absolute Gasteiger partial charge is 0.326 e. The minimum Gasteiger partial charge on any atom is -0.326 e. The molecule has 1 atom stereocenters. The molecule has 1 aliphatic heterocycles. The molecule has 0 radical (unpaired) electrons. The third-order valence-electron chi connectivity index (χ3n) is 4.55. The van der Waals surface area contributed by atoms with Gasteiger partial charge in [-0.2, -0.15) is 0 Å². The van der Waals surface area contributed by atoms with Gasteiger partial charge in [-0.25, -0.2) is 8.42 Å². The van der Waals surface area contributed by atoms with Crippen molar-refractivity contribution < 1.29 is 13.2 Å². The van der Waals surface area contributed by atoms with E-state index in [2.05, 4.69) is 17.5 Å². The second kappa shape index (κ2) is 6.64. The number of hydrogen-bond acceptors (Lipinski definition) is 5. The fourth-order valence-corrected chi connectivity index (χ4v) is 5.74.